The van der Waals surface area contributed by atoms with E-state index in [4.69, 9.17) is 14.2 Å². The zero-order chi connectivity index (χ0) is 18.9. The molecule has 0 saturated carbocycles. The normalized spacial score (nSPS) is 9.92. The van der Waals surface area contributed by atoms with Gasteiger partial charge in [0.2, 0.25) is 0 Å². The van der Waals surface area contributed by atoms with Gasteiger partial charge in [-0.05, 0) is 32.4 Å². The third-order valence-electron chi connectivity index (χ3n) is 3.53. The lowest BCUT2D eigenvalue weighted by atomic mass is 10.1. The van der Waals surface area contributed by atoms with Crippen LogP contribution in [0.15, 0.2) is 36.4 Å². The highest BCUT2D eigenvalue weighted by atomic mass is 16.5. The predicted octanol–water partition coefficient (Wildman–Crippen LogP) is 3.68. The lowest BCUT2D eigenvalue weighted by molar-refractivity contribution is -0.118. The van der Waals surface area contributed by atoms with Crippen LogP contribution in [0.1, 0.15) is 25.0 Å². The second-order valence-corrected chi connectivity index (χ2v) is 5.42. The minimum absolute atomic E-state index is 0.160. The van der Waals surface area contributed by atoms with Crippen molar-refractivity contribution in [3.8, 4) is 23.3 Å². The number of nitriles is 1. The molecule has 0 aliphatic carbocycles. The van der Waals surface area contributed by atoms with Crippen LogP contribution in [0.5, 0.6) is 17.2 Å². The maximum atomic E-state index is 12.2. The molecule has 0 fully saturated rings. The largest absolute Gasteiger partial charge is 0.490 e. The van der Waals surface area contributed by atoms with Gasteiger partial charge in [-0.2, -0.15) is 5.26 Å². The molecule has 0 atom stereocenters. The summed E-state index contributed by atoms with van der Waals surface area (Å²) in [6.07, 6.45) is 0. The van der Waals surface area contributed by atoms with E-state index in [1.54, 1.807) is 18.2 Å². The van der Waals surface area contributed by atoms with Crippen molar-refractivity contribution in [2.75, 3.05) is 25.1 Å². The summed E-state index contributed by atoms with van der Waals surface area (Å²) in [6, 6.07) is 12.7. The molecule has 0 saturated heterocycles. The number of carbonyl (C=O) groups is 1. The molecule has 26 heavy (non-hydrogen) atoms. The number of amides is 1. The molecule has 0 aliphatic heterocycles. The van der Waals surface area contributed by atoms with Crippen molar-refractivity contribution >= 4 is 11.6 Å². The van der Waals surface area contributed by atoms with Gasteiger partial charge in [0, 0.05) is 12.1 Å². The van der Waals surface area contributed by atoms with Crippen LogP contribution in [0.2, 0.25) is 0 Å². The number of rotatable bonds is 8. The number of ether oxygens (including phenoxy) is 3. The third kappa shape index (κ3) is 4.90. The molecule has 2 rings (SSSR count). The van der Waals surface area contributed by atoms with Gasteiger partial charge in [0.1, 0.15) is 11.8 Å². The molecule has 2 aromatic carbocycles. The molecule has 0 aromatic heterocycles. The first kappa shape index (κ1) is 19.1. The van der Waals surface area contributed by atoms with Crippen molar-refractivity contribution in [1.29, 1.82) is 5.26 Å². The third-order valence-corrected chi connectivity index (χ3v) is 3.53. The highest BCUT2D eigenvalue weighted by Gasteiger charge is 2.14. The van der Waals surface area contributed by atoms with Crippen molar-refractivity contribution in [3.05, 3.63) is 47.5 Å². The molecular weight excluding hydrogens is 332 g/mol. The fourth-order valence-corrected chi connectivity index (χ4v) is 2.34. The van der Waals surface area contributed by atoms with E-state index in [2.05, 4.69) is 11.4 Å². The van der Waals surface area contributed by atoms with Crippen LogP contribution in [0.3, 0.4) is 0 Å². The summed E-state index contributed by atoms with van der Waals surface area (Å²) in [5.41, 5.74) is 1.59. The van der Waals surface area contributed by atoms with Crippen molar-refractivity contribution in [1.82, 2.24) is 0 Å². The molecule has 0 radical (unpaired) electrons. The van der Waals surface area contributed by atoms with Gasteiger partial charge < -0.3 is 19.5 Å². The zero-order valence-corrected chi connectivity index (χ0v) is 15.2. The van der Waals surface area contributed by atoms with E-state index >= 15 is 0 Å². The average molecular weight is 354 g/mol. The van der Waals surface area contributed by atoms with Crippen LogP contribution in [0.4, 0.5) is 5.69 Å². The number of carbonyl (C=O) groups excluding carboxylic acids is 1. The van der Waals surface area contributed by atoms with E-state index in [0.717, 1.165) is 5.56 Å². The lowest BCUT2D eigenvalue weighted by Gasteiger charge is -2.15. The molecule has 0 unspecified atom stereocenters. The predicted molar refractivity (Wildman–Crippen MR) is 98.8 cm³/mol. The van der Waals surface area contributed by atoms with E-state index < -0.39 is 0 Å². The molecular formula is C20H22N2O4. The maximum absolute atomic E-state index is 12.2. The highest BCUT2D eigenvalue weighted by Crippen LogP contribution is 2.33. The Hall–Kier alpha value is -3.20. The number of hydrogen-bond donors (Lipinski definition) is 1. The van der Waals surface area contributed by atoms with Gasteiger partial charge in [-0.25, -0.2) is 0 Å². The Morgan fingerprint density at radius 1 is 1.04 bits per heavy atom. The standard InChI is InChI=1S/C20H22N2O4/c1-4-24-18-10-15(12-21)16(11-19(18)25-5-2)22-20(23)13-26-17-9-7-6-8-14(17)3/h6-11H,4-5,13H2,1-3H3,(H,22,23). The Labute approximate surface area is 153 Å². The van der Waals surface area contributed by atoms with E-state index in [1.807, 2.05) is 39.0 Å². The molecule has 6 heteroatoms. The van der Waals surface area contributed by atoms with Gasteiger partial charge >= 0.3 is 0 Å². The Bertz CT molecular complexity index is 812. The number of nitrogens with zero attached hydrogens (tertiary/aromatic N) is 1. The van der Waals surface area contributed by atoms with Gasteiger partial charge in [0.05, 0.1) is 24.5 Å². The maximum Gasteiger partial charge on any atom is 0.262 e. The first-order valence-corrected chi connectivity index (χ1v) is 8.41. The average Bonchev–Trinajstić information content (AvgIpc) is 2.63. The second kappa shape index (κ2) is 9.33. The number of aryl methyl sites for hydroxylation is 1. The van der Waals surface area contributed by atoms with E-state index in [1.165, 1.54) is 0 Å². The molecule has 0 heterocycles. The van der Waals surface area contributed by atoms with Crippen LogP contribution in [-0.4, -0.2) is 25.7 Å². The molecule has 1 amide bonds. The summed E-state index contributed by atoms with van der Waals surface area (Å²) in [5, 5.41) is 12.1. The SMILES string of the molecule is CCOc1cc(C#N)c(NC(=O)COc2ccccc2C)cc1OCC. The Morgan fingerprint density at radius 3 is 2.31 bits per heavy atom. The van der Waals surface area contributed by atoms with Crippen LogP contribution in [-0.2, 0) is 4.79 Å². The van der Waals surface area contributed by atoms with E-state index in [-0.39, 0.29) is 12.5 Å². The molecule has 6 nitrogen and oxygen atoms in total. The van der Waals surface area contributed by atoms with Crippen LogP contribution >= 0.6 is 0 Å². The summed E-state index contributed by atoms with van der Waals surface area (Å²) in [4.78, 5) is 12.2. The minimum atomic E-state index is -0.364. The first-order valence-electron chi connectivity index (χ1n) is 8.41. The van der Waals surface area contributed by atoms with Crippen LogP contribution in [0, 0.1) is 18.3 Å². The number of para-hydroxylation sites is 1. The quantitative estimate of drug-likeness (QED) is 0.782. The van der Waals surface area contributed by atoms with Gasteiger partial charge in [0.25, 0.3) is 5.91 Å². The topological polar surface area (TPSA) is 80.6 Å². The summed E-state index contributed by atoms with van der Waals surface area (Å²) >= 11 is 0. The van der Waals surface area contributed by atoms with E-state index in [0.29, 0.717) is 41.7 Å². The van der Waals surface area contributed by atoms with Gasteiger partial charge in [-0.15, -0.1) is 0 Å². The molecule has 0 bridgehead atoms. The minimum Gasteiger partial charge on any atom is -0.490 e. The summed E-state index contributed by atoms with van der Waals surface area (Å²) < 4.78 is 16.6. The summed E-state index contributed by atoms with van der Waals surface area (Å²) in [5.74, 6) is 1.23. The fraction of sp³-hybridized carbons (Fsp3) is 0.300. The Morgan fingerprint density at radius 2 is 1.69 bits per heavy atom. The van der Waals surface area contributed by atoms with Gasteiger partial charge in [-0.1, -0.05) is 18.2 Å². The first-order chi connectivity index (χ1) is 12.6. The highest BCUT2D eigenvalue weighted by molar-refractivity contribution is 5.93. The number of benzene rings is 2. The molecule has 1 N–H and O–H groups in total. The Balaban J connectivity index is 2.14. The number of nitrogens with one attached hydrogen (secondary N) is 1. The molecule has 2 aromatic rings. The summed E-state index contributed by atoms with van der Waals surface area (Å²) in [7, 11) is 0. The van der Waals surface area contributed by atoms with Crippen molar-refractivity contribution in [2.24, 2.45) is 0 Å². The van der Waals surface area contributed by atoms with Crippen LogP contribution in [0.25, 0.3) is 0 Å². The van der Waals surface area contributed by atoms with Crippen molar-refractivity contribution in [2.45, 2.75) is 20.8 Å². The number of hydrogen-bond acceptors (Lipinski definition) is 5. The molecule has 0 spiro atoms. The second-order valence-electron chi connectivity index (χ2n) is 5.42. The zero-order valence-electron chi connectivity index (χ0n) is 15.2. The number of anilines is 1. The lowest BCUT2D eigenvalue weighted by Crippen LogP contribution is -2.21. The van der Waals surface area contributed by atoms with E-state index in [9.17, 15) is 10.1 Å². The molecule has 136 valence electrons. The van der Waals surface area contributed by atoms with Crippen molar-refractivity contribution in [3.63, 3.8) is 0 Å². The molecule has 0 aliphatic rings. The summed E-state index contributed by atoms with van der Waals surface area (Å²) in [6.45, 7) is 6.33. The Kier molecular flexibility index (Phi) is 6.86. The fourth-order valence-electron chi connectivity index (χ4n) is 2.34. The van der Waals surface area contributed by atoms with Gasteiger partial charge in [0.15, 0.2) is 18.1 Å². The van der Waals surface area contributed by atoms with Crippen LogP contribution < -0.4 is 19.5 Å². The van der Waals surface area contributed by atoms with Gasteiger partial charge in [-0.3, -0.25) is 4.79 Å². The monoisotopic (exact) mass is 354 g/mol. The smallest absolute Gasteiger partial charge is 0.262 e. The van der Waals surface area contributed by atoms with Crippen molar-refractivity contribution < 1.29 is 19.0 Å².